The summed E-state index contributed by atoms with van der Waals surface area (Å²) in [5.41, 5.74) is 6.60. The van der Waals surface area contributed by atoms with Crippen LogP contribution in [-0.4, -0.2) is 16.6 Å². The molecule has 0 saturated carbocycles. The van der Waals surface area contributed by atoms with E-state index in [4.69, 9.17) is 15.2 Å². The number of aromatic nitrogens is 2. The third kappa shape index (κ3) is 3.93. The second kappa shape index (κ2) is 6.70. The molecule has 5 heteroatoms. The van der Waals surface area contributed by atoms with Crippen LogP contribution in [0.3, 0.4) is 0 Å². The summed E-state index contributed by atoms with van der Waals surface area (Å²) in [7, 11) is 0. The first-order valence-electron chi connectivity index (χ1n) is 6.23. The highest BCUT2D eigenvalue weighted by Crippen LogP contribution is 2.22. The van der Waals surface area contributed by atoms with Crippen molar-refractivity contribution in [2.75, 3.05) is 6.61 Å². The van der Waals surface area contributed by atoms with Crippen LogP contribution in [0.15, 0.2) is 36.7 Å². The van der Waals surface area contributed by atoms with E-state index in [-0.39, 0.29) is 0 Å². The van der Waals surface area contributed by atoms with Crippen LogP contribution >= 0.6 is 0 Å². The minimum atomic E-state index is 0.454. The van der Waals surface area contributed by atoms with Gasteiger partial charge in [0.05, 0.1) is 12.7 Å². The van der Waals surface area contributed by atoms with E-state index < -0.39 is 0 Å². The van der Waals surface area contributed by atoms with Crippen molar-refractivity contribution >= 4 is 0 Å². The zero-order valence-electron chi connectivity index (χ0n) is 10.9. The molecule has 1 aromatic carbocycles. The normalized spacial score (nSPS) is 10.2. The van der Waals surface area contributed by atoms with Gasteiger partial charge in [-0.15, -0.1) is 0 Å². The molecule has 0 unspecified atom stereocenters. The number of ether oxygens (including phenoxy) is 2. The van der Waals surface area contributed by atoms with Crippen LogP contribution in [0.1, 0.15) is 18.9 Å². The van der Waals surface area contributed by atoms with E-state index in [0.29, 0.717) is 30.7 Å². The molecular weight excluding hydrogens is 242 g/mol. The molecule has 2 N–H and O–H groups in total. The van der Waals surface area contributed by atoms with E-state index in [1.54, 1.807) is 6.07 Å². The van der Waals surface area contributed by atoms with Crippen LogP contribution in [-0.2, 0) is 6.54 Å². The van der Waals surface area contributed by atoms with Crippen molar-refractivity contribution in [3.8, 4) is 17.5 Å². The van der Waals surface area contributed by atoms with Crippen molar-refractivity contribution in [1.29, 1.82) is 0 Å². The molecule has 19 heavy (non-hydrogen) atoms. The van der Waals surface area contributed by atoms with Gasteiger partial charge in [0.15, 0.2) is 0 Å². The summed E-state index contributed by atoms with van der Waals surface area (Å²) in [5.74, 6) is 1.67. The molecule has 0 amide bonds. The molecule has 0 aliphatic carbocycles. The van der Waals surface area contributed by atoms with Crippen LogP contribution < -0.4 is 15.2 Å². The average Bonchev–Trinajstić information content (AvgIpc) is 2.46. The Hall–Kier alpha value is -2.14. The second-order valence-corrected chi connectivity index (χ2v) is 4.00. The minimum absolute atomic E-state index is 0.454. The maximum atomic E-state index is 5.65. The summed E-state index contributed by atoms with van der Waals surface area (Å²) in [4.78, 5) is 8.07. The fraction of sp³-hybridized carbons (Fsp3) is 0.286. The van der Waals surface area contributed by atoms with Gasteiger partial charge in [0.1, 0.15) is 12.1 Å². The van der Waals surface area contributed by atoms with Crippen molar-refractivity contribution in [3.05, 3.63) is 42.2 Å². The first-order chi connectivity index (χ1) is 9.31. The van der Waals surface area contributed by atoms with E-state index in [0.717, 1.165) is 12.0 Å². The fourth-order valence-electron chi connectivity index (χ4n) is 1.52. The zero-order chi connectivity index (χ0) is 13.5. The maximum absolute atomic E-state index is 5.65. The predicted molar refractivity (Wildman–Crippen MR) is 72.2 cm³/mol. The highest BCUT2D eigenvalue weighted by atomic mass is 16.5. The summed E-state index contributed by atoms with van der Waals surface area (Å²) in [6.07, 6.45) is 2.35. The van der Waals surface area contributed by atoms with E-state index in [2.05, 4.69) is 9.97 Å². The summed E-state index contributed by atoms with van der Waals surface area (Å²) < 4.78 is 11.1. The van der Waals surface area contributed by atoms with Crippen molar-refractivity contribution in [1.82, 2.24) is 9.97 Å². The van der Waals surface area contributed by atoms with Gasteiger partial charge in [-0.2, -0.15) is 0 Å². The first-order valence-corrected chi connectivity index (χ1v) is 6.23. The highest BCUT2D eigenvalue weighted by molar-refractivity contribution is 5.32. The van der Waals surface area contributed by atoms with Gasteiger partial charge in [-0.05, 0) is 24.1 Å². The lowest BCUT2D eigenvalue weighted by atomic mass is 10.2. The van der Waals surface area contributed by atoms with Crippen LogP contribution in [0, 0.1) is 0 Å². The summed E-state index contributed by atoms with van der Waals surface area (Å²) in [6.45, 7) is 3.14. The molecule has 0 aliphatic heterocycles. The lowest BCUT2D eigenvalue weighted by molar-refractivity contribution is 0.302. The van der Waals surface area contributed by atoms with Crippen LogP contribution in [0.25, 0.3) is 0 Å². The van der Waals surface area contributed by atoms with Crippen LogP contribution in [0.5, 0.6) is 17.5 Å². The van der Waals surface area contributed by atoms with Gasteiger partial charge in [-0.1, -0.05) is 19.1 Å². The Labute approximate surface area is 112 Å². The van der Waals surface area contributed by atoms with E-state index >= 15 is 0 Å². The smallest absolute Gasteiger partial charge is 0.226 e. The molecule has 0 saturated heterocycles. The van der Waals surface area contributed by atoms with Crippen molar-refractivity contribution in [2.24, 2.45) is 5.73 Å². The SMILES string of the molecule is CCCOc1cc(Oc2cccc(CN)c2)ncn1. The molecule has 0 bridgehead atoms. The number of rotatable bonds is 6. The number of hydrogen-bond acceptors (Lipinski definition) is 5. The lowest BCUT2D eigenvalue weighted by Crippen LogP contribution is -1.99. The molecule has 0 radical (unpaired) electrons. The quantitative estimate of drug-likeness (QED) is 0.863. The molecule has 1 heterocycles. The molecule has 2 rings (SSSR count). The number of hydrogen-bond donors (Lipinski definition) is 1. The molecule has 0 aliphatic rings. The van der Waals surface area contributed by atoms with Gasteiger partial charge in [0.2, 0.25) is 11.8 Å². The largest absolute Gasteiger partial charge is 0.477 e. The van der Waals surface area contributed by atoms with Gasteiger partial charge in [0.25, 0.3) is 0 Å². The Morgan fingerprint density at radius 3 is 2.79 bits per heavy atom. The molecule has 100 valence electrons. The fourth-order valence-corrected chi connectivity index (χ4v) is 1.52. The summed E-state index contributed by atoms with van der Waals surface area (Å²) in [5, 5.41) is 0. The Morgan fingerprint density at radius 1 is 1.16 bits per heavy atom. The van der Waals surface area contributed by atoms with E-state index in [9.17, 15) is 0 Å². The third-order valence-electron chi connectivity index (χ3n) is 2.43. The Kier molecular flexibility index (Phi) is 4.69. The molecule has 5 nitrogen and oxygen atoms in total. The predicted octanol–water partition coefficient (Wildman–Crippen LogP) is 2.52. The van der Waals surface area contributed by atoms with Crippen molar-refractivity contribution in [3.63, 3.8) is 0 Å². The van der Waals surface area contributed by atoms with Crippen LogP contribution in [0.2, 0.25) is 0 Å². The average molecular weight is 259 g/mol. The Balaban J connectivity index is 2.09. The third-order valence-corrected chi connectivity index (χ3v) is 2.43. The second-order valence-electron chi connectivity index (χ2n) is 4.00. The van der Waals surface area contributed by atoms with Crippen LogP contribution in [0.4, 0.5) is 0 Å². The minimum Gasteiger partial charge on any atom is -0.477 e. The van der Waals surface area contributed by atoms with E-state index in [1.807, 2.05) is 31.2 Å². The summed E-state index contributed by atoms with van der Waals surface area (Å²) in [6, 6.07) is 9.25. The number of benzene rings is 1. The molecule has 0 atom stereocenters. The maximum Gasteiger partial charge on any atom is 0.226 e. The van der Waals surface area contributed by atoms with Crippen molar-refractivity contribution in [2.45, 2.75) is 19.9 Å². The van der Waals surface area contributed by atoms with Gasteiger partial charge in [0, 0.05) is 6.54 Å². The lowest BCUT2D eigenvalue weighted by Gasteiger charge is -2.07. The molecule has 1 aromatic heterocycles. The monoisotopic (exact) mass is 259 g/mol. The molecule has 0 fully saturated rings. The molecular formula is C14H17N3O2. The molecule has 2 aromatic rings. The number of nitrogens with two attached hydrogens (primary N) is 1. The van der Waals surface area contributed by atoms with Gasteiger partial charge in [-0.25, -0.2) is 9.97 Å². The van der Waals surface area contributed by atoms with Gasteiger partial charge in [-0.3, -0.25) is 0 Å². The van der Waals surface area contributed by atoms with Gasteiger partial charge < -0.3 is 15.2 Å². The van der Waals surface area contributed by atoms with Crippen molar-refractivity contribution < 1.29 is 9.47 Å². The molecule has 0 spiro atoms. The van der Waals surface area contributed by atoms with E-state index in [1.165, 1.54) is 6.33 Å². The Bertz CT molecular complexity index is 532. The standard InChI is InChI=1S/C14H17N3O2/c1-2-6-18-13-8-14(17-10-16-13)19-12-5-3-4-11(7-12)9-15/h3-5,7-8,10H,2,6,9,15H2,1H3. The van der Waals surface area contributed by atoms with Gasteiger partial charge >= 0.3 is 0 Å². The Morgan fingerprint density at radius 2 is 2.00 bits per heavy atom. The first kappa shape index (κ1) is 13.3. The topological polar surface area (TPSA) is 70.3 Å². The summed E-state index contributed by atoms with van der Waals surface area (Å²) >= 11 is 0. The zero-order valence-corrected chi connectivity index (χ0v) is 10.9. The highest BCUT2D eigenvalue weighted by Gasteiger charge is 2.03. The number of nitrogens with zero attached hydrogens (tertiary/aromatic N) is 2.